The zero-order chi connectivity index (χ0) is 24.8. The lowest BCUT2D eigenvalue weighted by molar-refractivity contribution is -0.141. The van der Waals surface area contributed by atoms with Crippen molar-refractivity contribution >= 4 is 35.0 Å². The van der Waals surface area contributed by atoms with E-state index in [0.29, 0.717) is 34.4 Å². The zero-order valence-corrected chi connectivity index (χ0v) is 21.5. The Morgan fingerprint density at radius 1 is 1.00 bits per heavy atom. The van der Waals surface area contributed by atoms with Gasteiger partial charge in [-0.3, -0.25) is 9.59 Å². The second kappa shape index (κ2) is 12.0. The highest BCUT2D eigenvalue weighted by Gasteiger charge is 2.30. The number of amides is 2. The molecule has 1 N–H and O–H groups in total. The molecule has 1 fully saturated rings. The Balaban J connectivity index is 1.49. The Kier molecular flexibility index (Phi) is 8.79. The third-order valence-electron chi connectivity index (χ3n) is 6.74. The zero-order valence-electron chi connectivity index (χ0n) is 20.0. The maximum atomic E-state index is 13.5. The number of halogens is 2. The molecule has 6 nitrogen and oxygen atoms in total. The maximum Gasteiger partial charge on any atom is 0.243 e. The lowest BCUT2D eigenvalue weighted by Gasteiger charge is -2.33. The third-order valence-corrected chi connectivity index (χ3v) is 7.48. The Bertz CT molecular complexity index is 1060. The van der Waals surface area contributed by atoms with E-state index in [-0.39, 0.29) is 37.6 Å². The molecule has 2 aromatic rings. The average molecular weight is 519 g/mol. The number of nitrogens with one attached hydrogen (secondary N) is 1. The molecule has 1 heterocycles. The molecule has 0 aromatic heterocycles. The fraction of sp³-hybridized carbons (Fsp3) is 0.481. The molecule has 4 rings (SSSR count). The largest absolute Gasteiger partial charge is 0.454 e. The molecule has 2 amide bonds. The number of hydrogen-bond acceptors (Lipinski definition) is 4. The highest BCUT2D eigenvalue weighted by atomic mass is 35.5. The minimum absolute atomic E-state index is 0.0839. The van der Waals surface area contributed by atoms with E-state index in [1.54, 1.807) is 17.0 Å². The summed E-state index contributed by atoms with van der Waals surface area (Å²) >= 11 is 12.3. The van der Waals surface area contributed by atoms with Crippen LogP contribution in [-0.4, -0.2) is 35.6 Å². The molecular weight excluding hydrogens is 487 g/mol. The van der Waals surface area contributed by atoms with Crippen LogP contribution in [0.15, 0.2) is 36.4 Å². The van der Waals surface area contributed by atoms with Crippen LogP contribution in [0.2, 0.25) is 10.0 Å². The smallest absolute Gasteiger partial charge is 0.243 e. The summed E-state index contributed by atoms with van der Waals surface area (Å²) in [6, 6.07) is 10.7. The average Bonchev–Trinajstić information content (AvgIpc) is 3.33. The molecule has 1 atom stereocenters. The molecule has 1 saturated carbocycles. The molecule has 2 aromatic carbocycles. The molecule has 2 aliphatic rings. The van der Waals surface area contributed by atoms with Gasteiger partial charge in [0.2, 0.25) is 18.6 Å². The van der Waals surface area contributed by atoms with Gasteiger partial charge in [-0.1, -0.05) is 61.5 Å². The number of ether oxygens (including phenoxy) is 2. The predicted octanol–water partition coefficient (Wildman–Crippen LogP) is 5.91. The normalized spacial score (nSPS) is 16.1. The number of aryl methyl sites for hydroxylation is 1. The van der Waals surface area contributed by atoms with Crippen LogP contribution >= 0.6 is 23.2 Å². The molecule has 1 aliphatic carbocycles. The Labute approximate surface area is 216 Å². The van der Waals surface area contributed by atoms with Crippen LogP contribution in [0.5, 0.6) is 11.5 Å². The van der Waals surface area contributed by atoms with Crippen LogP contribution in [0.4, 0.5) is 0 Å². The van der Waals surface area contributed by atoms with Crippen LogP contribution in [0.25, 0.3) is 0 Å². The van der Waals surface area contributed by atoms with E-state index in [1.165, 1.54) is 6.42 Å². The van der Waals surface area contributed by atoms with Crippen molar-refractivity contribution in [3.05, 3.63) is 57.6 Å². The van der Waals surface area contributed by atoms with Crippen molar-refractivity contribution < 1.29 is 19.1 Å². The molecule has 8 heteroatoms. The molecule has 0 bridgehead atoms. The first kappa shape index (κ1) is 25.6. The first-order valence-electron chi connectivity index (χ1n) is 12.4. The summed E-state index contributed by atoms with van der Waals surface area (Å²) in [6.07, 6.45) is 6.79. The first-order chi connectivity index (χ1) is 16.9. The van der Waals surface area contributed by atoms with Gasteiger partial charge in [0, 0.05) is 19.0 Å². The predicted molar refractivity (Wildman–Crippen MR) is 137 cm³/mol. The van der Waals surface area contributed by atoms with Gasteiger partial charge in [-0.15, -0.1) is 0 Å². The number of hydrogen-bond donors (Lipinski definition) is 1. The summed E-state index contributed by atoms with van der Waals surface area (Å²) in [6.45, 7) is 2.44. The highest BCUT2D eigenvalue weighted by molar-refractivity contribution is 6.42. The summed E-state index contributed by atoms with van der Waals surface area (Å²) in [5.41, 5.74) is 1.82. The Morgan fingerprint density at radius 2 is 1.74 bits per heavy atom. The summed E-state index contributed by atoms with van der Waals surface area (Å²) in [5.74, 6) is 1.24. The molecule has 0 unspecified atom stereocenters. The maximum absolute atomic E-state index is 13.5. The molecule has 0 saturated heterocycles. The van der Waals surface area contributed by atoms with Crippen LogP contribution in [0, 0.1) is 0 Å². The van der Waals surface area contributed by atoms with Crippen LogP contribution in [-0.2, 0) is 22.6 Å². The number of fused-ring (bicyclic) bond motifs is 1. The van der Waals surface area contributed by atoms with Gasteiger partial charge in [0.05, 0.1) is 10.0 Å². The van der Waals surface area contributed by atoms with E-state index >= 15 is 0 Å². The van der Waals surface area contributed by atoms with Crippen molar-refractivity contribution in [2.75, 3.05) is 6.79 Å². The van der Waals surface area contributed by atoms with Gasteiger partial charge in [0.1, 0.15) is 6.04 Å². The van der Waals surface area contributed by atoms with Crippen LogP contribution < -0.4 is 14.8 Å². The van der Waals surface area contributed by atoms with Gasteiger partial charge < -0.3 is 19.7 Å². The molecule has 188 valence electrons. The van der Waals surface area contributed by atoms with Crippen LogP contribution in [0.1, 0.15) is 63.0 Å². The minimum Gasteiger partial charge on any atom is -0.454 e. The van der Waals surface area contributed by atoms with Crippen molar-refractivity contribution in [1.29, 1.82) is 0 Å². The van der Waals surface area contributed by atoms with E-state index in [2.05, 4.69) is 5.32 Å². The molecular formula is C27H32Cl2N2O4. The lowest BCUT2D eigenvalue weighted by Crippen LogP contribution is -2.51. The molecule has 35 heavy (non-hydrogen) atoms. The highest BCUT2D eigenvalue weighted by Crippen LogP contribution is 2.33. The number of carbonyl (C=O) groups excluding carboxylic acids is 2. The van der Waals surface area contributed by atoms with Crippen molar-refractivity contribution in [2.24, 2.45) is 0 Å². The second-order valence-corrected chi connectivity index (χ2v) is 10.0. The fourth-order valence-electron chi connectivity index (χ4n) is 4.79. The van der Waals surface area contributed by atoms with Crippen molar-refractivity contribution in [1.82, 2.24) is 10.2 Å². The van der Waals surface area contributed by atoms with E-state index in [9.17, 15) is 9.59 Å². The number of carbonyl (C=O) groups is 2. The van der Waals surface area contributed by atoms with Crippen molar-refractivity contribution in [3.63, 3.8) is 0 Å². The second-order valence-electron chi connectivity index (χ2n) is 9.23. The molecule has 1 aliphatic heterocycles. The van der Waals surface area contributed by atoms with E-state index < -0.39 is 6.04 Å². The van der Waals surface area contributed by atoms with E-state index in [1.807, 2.05) is 31.2 Å². The van der Waals surface area contributed by atoms with Crippen LogP contribution in [0.3, 0.4) is 0 Å². The van der Waals surface area contributed by atoms with Gasteiger partial charge in [0.15, 0.2) is 11.5 Å². The topological polar surface area (TPSA) is 67.9 Å². The van der Waals surface area contributed by atoms with Gasteiger partial charge in [-0.05, 0) is 61.1 Å². The van der Waals surface area contributed by atoms with Crippen molar-refractivity contribution in [2.45, 2.75) is 76.9 Å². The van der Waals surface area contributed by atoms with Gasteiger partial charge in [-0.25, -0.2) is 0 Å². The Hall–Kier alpha value is -2.44. The first-order valence-corrected chi connectivity index (χ1v) is 13.1. The molecule has 0 spiro atoms. The number of benzene rings is 2. The third kappa shape index (κ3) is 6.62. The fourth-order valence-corrected chi connectivity index (χ4v) is 5.11. The lowest BCUT2D eigenvalue weighted by atomic mass is 9.95. The summed E-state index contributed by atoms with van der Waals surface area (Å²) in [5, 5.41) is 4.09. The molecule has 0 radical (unpaired) electrons. The summed E-state index contributed by atoms with van der Waals surface area (Å²) in [4.78, 5) is 28.5. The van der Waals surface area contributed by atoms with E-state index in [0.717, 1.165) is 36.8 Å². The minimum atomic E-state index is -0.560. The Morgan fingerprint density at radius 3 is 2.49 bits per heavy atom. The van der Waals surface area contributed by atoms with Gasteiger partial charge in [0.25, 0.3) is 0 Å². The summed E-state index contributed by atoms with van der Waals surface area (Å²) in [7, 11) is 0. The monoisotopic (exact) mass is 518 g/mol. The number of nitrogens with zero attached hydrogens (tertiary/aromatic N) is 1. The van der Waals surface area contributed by atoms with Gasteiger partial charge in [-0.2, -0.15) is 0 Å². The van der Waals surface area contributed by atoms with Gasteiger partial charge >= 0.3 is 0 Å². The standard InChI is InChI=1S/C27H32Cl2N2O4/c1-2-23(27(33)30-20-6-4-3-5-7-20)31(16-19-8-11-21(28)22(29)14-19)26(32)13-10-18-9-12-24-25(15-18)35-17-34-24/h8-9,11-12,14-15,20,23H,2-7,10,13,16-17H2,1H3,(H,30,33)/t23-/m0/s1. The SMILES string of the molecule is CC[C@@H](C(=O)NC1CCCCC1)N(Cc1ccc(Cl)c(Cl)c1)C(=O)CCc1ccc2c(c1)OCO2. The summed E-state index contributed by atoms with van der Waals surface area (Å²) < 4.78 is 10.8. The number of rotatable bonds is 9. The van der Waals surface area contributed by atoms with E-state index in [4.69, 9.17) is 32.7 Å². The van der Waals surface area contributed by atoms with Crippen molar-refractivity contribution in [3.8, 4) is 11.5 Å². The quantitative estimate of drug-likeness (QED) is 0.447.